The Kier molecular flexibility index (Phi) is 6.44. The van der Waals surface area contributed by atoms with E-state index in [-0.39, 0.29) is 23.2 Å². The average molecular weight is 448 g/mol. The number of carbonyl (C=O) groups is 1. The highest BCUT2D eigenvalue weighted by atomic mass is 16.5. The zero-order chi connectivity index (χ0) is 23.9. The molecule has 2 heterocycles. The van der Waals surface area contributed by atoms with Crippen molar-refractivity contribution in [1.29, 1.82) is 0 Å². The lowest BCUT2D eigenvalue weighted by Crippen LogP contribution is -2.31. The molecule has 1 aromatic heterocycles. The van der Waals surface area contributed by atoms with Crippen molar-refractivity contribution in [2.75, 3.05) is 13.2 Å². The van der Waals surface area contributed by atoms with Crippen molar-refractivity contribution < 1.29 is 13.9 Å². The summed E-state index contributed by atoms with van der Waals surface area (Å²) in [4.78, 5) is 29.0. The van der Waals surface area contributed by atoms with Gasteiger partial charge in [-0.1, -0.05) is 44.2 Å². The van der Waals surface area contributed by atoms with Crippen molar-refractivity contribution in [3.8, 4) is 0 Å². The molecular weight excluding hydrogens is 414 g/mol. The van der Waals surface area contributed by atoms with Gasteiger partial charge in [0.25, 0.3) is 5.91 Å². The second-order valence-corrected chi connectivity index (χ2v) is 9.63. The van der Waals surface area contributed by atoms with Crippen LogP contribution < -0.4 is 5.43 Å². The van der Waals surface area contributed by atoms with Crippen molar-refractivity contribution in [3.05, 3.63) is 80.2 Å². The van der Waals surface area contributed by atoms with E-state index in [1.165, 1.54) is 5.56 Å². The van der Waals surface area contributed by atoms with E-state index in [4.69, 9.17) is 9.15 Å². The van der Waals surface area contributed by atoms with E-state index in [1.54, 1.807) is 4.90 Å². The second-order valence-electron chi connectivity index (χ2n) is 9.63. The van der Waals surface area contributed by atoms with Crippen LogP contribution in [0.3, 0.4) is 0 Å². The third-order valence-electron chi connectivity index (χ3n) is 6.31. The van der Waals surface area contributed by atoms with Crippen LogP contribution in [0, 0.1) is 13.8 Å². The number of hydrogen-bond acceptors (Lipinski definition) is 4. The first-order valence-corrected chi connectivity index (χ1v) is 11.8. The standard InChI is InChI=1S/C28H33NO4/c1-16(2)20-8-10-21(11-9-20)24-23-25(30)22-15-18(5)14-19(6)26(22)33-27(23)28(31)29(24)12-7-13-32-17(3)4/h8-11,14-17,24H,7,12-13H2,1-6H3. The molecule has 174 valence electrons. The van der Waals surface area contributed by atoms with Gasteiger partial charge in [-0.15, -0.1) is 0 Å². The first-order chi connectivity index (χ1) is 15.7. The van der Waals surface area contributed by atoms with Gasteiger partial charge in [0.1, 0.15) is 5.58 Å². The summed E-state index contributed by atoms with van der Waals surface area (Å²) in [6.45, 7) is 13.2. The SMILES string of the molecule is Cc1cc(C)c2oc3c(c(=O)c2c1)C(c1ccc(C(C)C)cc1)N(CCCOC(C)C)C3=O. The number of fused-ring (bicyclic) bond motifs is 2. The Hall–Kier alpha value is -2.92. The minimum absolute atomic E-state index is 0.120. The number of aryl methyl sites for hydroxylation is 2. The molecule has 0 saturated heterocycles. The first kappa shape index (κ1) is 23.2. The quantitative estimate of drug-likeness (QED) is 0.424. The Morgan fingerprint density at radius 1 is 1.03 bits per heavy atom. The average Bonchev–Trinajstić information content (AvgIpc) is 3.04. The zero-order valence-electron chi connectivity index (χ0n) is 20.4. The minimum atomic E-state index is -0.464. The van der Waals surface area contributed by atoms with E-state index in [1.807, 2.05) is 52.0 Å². The molecule has 1 unspecified atom stereocenters. The fraction of sp³-hybridized carbons (Fsp3) is 0.429. The van der Waals surface area contributed by atoms with Crippen LogP contribution in [0.4, 0.5) is 0 Å². The van der Waals surface area contributed by atoms with Crippen molar-refractivity contribution in [2.45, 2.75) is 66.0 Å². The normalized spacial score (nSPS) is 15.8. The van der Waals surface area contributed by atoms with Crippen molar-refractivity contribution >= 4 is 16.9 Å². The molecule has 1 amide bonds. The predicted octanol–water partition coefficient (Wildman–Crippen LogP) is 5.89. The molecule has 0 radical (unpaired) electrons. The molecule has 3 aromatic rings. The van der Waals surface area contributed by atoms with Crippen molar-refractivity contribution in [1.82, 2.24) is 4.90 Å². The molecule has 5 nitrogen and oxygen atoms in total. The van der Waals surface area contributed by atoms with Crippen molar-refractivity contribution in [3.63, 3.8) is 0 Å². The number of nitrogens with zero attached hydrogens (tertiary/aromatic N) is 1. The number of amides is 1. The minimum Gasteiger partial charge on any atom is -0.450 e. The Bertz CT molecular complexity index is 1240. The highest BCUT2D eigenvalue weighted by Crippen LogP contribution is 2.39. The Morgan fingerprint density at radius 2 is 1.73 bits per heavy atom. The highest BCUT2D eigenvalue weighted by molar-refractivity contribution is 5.99. The monoisotopic (exact) mass is 447 g/mol. The molecule has 0 spiro atoms. The lowest BCUT2D eigenvalue weighted by molar-refractivity contribution is 0.0593. The smallest absolute Gasteiger partial charge is 0.290 e. The number of carbonyl (C=O) groups excluding carboxylic acids is 1. The number of rotatable bonds is 7. The first-order valence-electron chi connectivity index (χ1n) is 11.8. The molecule has 0 fully saturated rings. The van der Waals surface area contributed by atoms with Crippen LogP contribution >= 0.6 is 0 Å². The summed E-state index contributed by atoms with van der Waals surface area (Å²) in [6, 6.07) is 11.6. The molecule has 0 N–H and O–H groups in total. The van der Waals surface area contributed by atoms with E-state index in [0.717, 1.165) is 16.7 Å². The summed E-state index contributed by atoms with van der Waals surface area (Å²) >= 11 is 0. The van der Waals surface area contributed by atoms with Gasteiger partial charge in [0.2, 0.25) is 5.76 Å². The van der Waals surface area contributed by atoms with E-state index in [9.17, 15) is 9.59 Å². The van der Waals surface area contributed by atoms with Gasteiger partial charge in [0, 0.05) is 13.2 Å². The van der Waals surface area contributed by atoms with Gasteiger partial charge < -0.3 is 14.1 Å². The molecular formula is C28H33NO4. The summed E-state index contributed by atoms with van der Waals surface area (Å²) in [5, 5.41) is 0.535. The lowest BCUT2D eigenvalue weighted by Gasteiger charge is -2.25. The topological polar surface area (TPSA) is 59.8 Å². The predicted molar refractivity (Wildman–Crippen MR) is 131 cm³/mol. The Morgan fingerprint density at radius 3 is 2.36 bits per heavy atom. The van der Waals surface area contributed by atoms with E-state index in [0.29, 0.717) is 42.0 Å². The highest BCUT2D eigenvalue weighted by Gasteiger charge is 2.42. The summed E-state index contributed by atoms with van der Waals surface area (Å²) in [5.74, 6) is 0.342. The van der Waals surface area contributed by atoms with Gasteiger partial charge >= 0.3 is 0 Å². The van der Waals surface area contributed by atoms with E-state index < -0.39 is 6.04 Å². The molecule has 1 aliphatic rings. The van der Waals surface area contributed by atoms with Crippen LogP contribution in [-0.4, -0.2) is 30.1 Å². The molecule has 0 bridgehead atoms. The van der Waals surface area contributed by atoms with E-state index in [2.05, 4.69) is 26.0 Å². The van der Waals surface area contributed by atoms with Gasteiger partial charge in [-0.3, -0.25) is 9.59 Å². The molecule has 4 rings (SSSR count). The molecule has 0 saturated carbocycles. The number of ether oxygens (including phenoxy) is 1. The molecule has 33 heavy (non-hydrogen) atoms. The maximum Gasteiger partial charge on any atom is 0.290 e. The maximum atomic E-state index is 13.7. The Labute approximate surface area is 195 Å². The number of benzene rings is 2. The number of hydrogen-bond donors (Lipinski definition) is 0. The van der Waals surface area contributed by atoms with Gasteiger partial charge in [-0.25, -0.2) is 0 Å². The van der Waals surface area contributed by atoms with Gasteiger partial charge in [0.15, 0.2) is 5.43 Å². The third-order valence-corrected chi connectivity index (χ3v) is 6.31. The lowest BCUT2D eigenvalue weighted by atomic mass is 9.94. The van der Waals surface area contributed by atoms with Crippen LogP contribution in [0.1, 0.15) is 84.4 Å². The van der Waals surface area contributed by atoms with Crippen LogP contribution in [0.2, 0.25) is 0 Å². The summed E-state index contributed by atoms with van der Waals surface area (Å²) in [6.07, 6.45) is 0.820. The maximum absolute atomic E-state index is 13.7. The summed E-state index contributed by atoms with van der Waals surface area (Å²) in [7, 11) is 0. The van der Waals surface area contributed by atoms with Crippen molar-refractivity contribution in [2.24, 2.45) is 0 Å². The van der Waals surface area contributed by atoms with Gasteiger partial charge in [0.05, 0.1) is 23.1 Å². The van der Waals surface area contributed by atoms with Gasteiger partial charge in [-0.05, 0) is 68.4 Å². The van der Waals surface area contributed by atoms with E-state index >= 15 is 0 Å². The molecule has 2 aromatic carbocycles. The fourth-order valence-corrected chi connectivity index (χ4v) is 4.67. The second kappa shape index (κ2) is 9.14. The summed E-state index contributed by atoms with van der Waals surface area (Å²) in [5.41, 5.74) is 4.82. The molecule has 1 aliphatic heterocycles. The summed E-state index contributed by atoms with van der Waals surface area (Å²) < 4.78 is 11.8. The van der Waals surface area contributed by atoms with Crippen LogP contribution in [0.15, 0.2) is 45.6 Å². The van der Waals surface area contributed by atoms with Crippen LogP contribution in [0.5, 0.6) is 0 Å². The molecule has 1 atom stereocenters. The molecule has 5 heteroatoms. The third kappa shape index (κ3) is 4.34. The zero-order valence-corrected chi connectivity index (χ0v) is 20.4. The van der Waals surface area contributed by atoms with Crippen LogP contribution in [0.25, 0.3) is 11.0 Å². The van der Waals surface area contributed by atoms with Crippen LogP contribution in [-0.2, 0) is 4.74 Å². The molecule has 0 aliphatic carbocycles. The fourth-order valence-electron chi connectivity index (χ4n) is 4.67. The Balaban J connectivity index is 1.84. The van der Waals surface area contributed by atoms with Gasteiger partial charge in [-0.2, -0.15) is 0 Å². The largest absolute Gasteiger partial charge is 0.450 e.